The molecule has 2 aromatic rings. The van der Waals surface area contributed by atoms with Crippen LogP contribution in [0.15, 0.2) is 22.5 Å². The molecule has 130 valence electrons. The Morgan fingerprint density at radius 3 is 2.92 bits per heavy atom. The summed E-state index contributed by atoms with van der Waals surface area (Å²) in [6.45, 7) is 4.76. The Bertz CT molecular complexity index is 696. The van der Waals surface area contributed by atoms with Gasteiger partial charge in [-0.25, -0.2) is 0 Å². The Morgan fingerprint density at radius 1 is 1.46 bits per heavy atom. The number of rotatable bonds is 8. The maximum atomic E-state index is 12.3. The molecule has 0 aliphatic rings. The molecule has 1 unspecified atom stereocenters. The fraction of sp³-hybridized carbons (Fsp3) is 0.400. The second-order valence-corrected chi connectivity index (χ2v) is 7.87. The predicted octanol–water partition coefficient (Wildman–Crippen LogP) is 4.14. The van der Waals surface area contributed by atoms with Gasteiger partial charge in [0.15, 0.2) is 4.34 Å². The first-order chi connectivity index (χ1) is 11.5. The summed E-state index contributed by atoms with van der Waals surface area (Å²) in [6.07, 6.45) is 1.02. The number of nitrogens with zero attached hydrogens (tertiary/aromatic N) is 2. The fourth-order valence-electron chi connectivity index (χ4n) is 1.75. The van der Waals surface area contributed by atoms with Crippen LogP contribution in [-0.2, 0) is 4.79 Å². The molecule has 0 saturated carbocycles. The minimum atomic E-state index is -0.308. The lowest BCUT2D eigenvalue weighted by molar-refractivity contribution is -0.115. The first kappa shape index (κ1) is 18.8. The van der Waals surface area contributed by atoms with Crippen LogP contribution in [0.1, 0.15) is 20.3 Å². The molecule has 1 amide bonds. The highest BCUT2D eigenvalue weighted by Crippen LogP contribution is 2.30. The van der Waals surface area contributed by atoms with Gasteiger partial charge in [0.2, 0.25) is 11.0 Å². The average Bonchev–Trinajstić information content (AvgIpc) is 3.00. The van der Waals surface area contributed by atoms with Gasteiger partial charge in [0, 0.05) is 12.2 Å². The number of aromatic nitrogens is 2. The van der Waals surface area contributed by atoms with Crippen molar-refractivity contribution in [2.45, 2.75) is 29.9 Å². The Hall–Kier alpha value is -1.51. The zero-order valence-electron chi connectivity index (χ0n) is 13.6. The number of benzene rings is 1. The lowest BCUT2D eigenvalue weighted by atomic mass is 10.3. The van der Waals surface area contributed by atoms with Gasteiger partial charge < -0.3 is 15.4 Å². The first-order valence-corrected chi connectivity index (χ1v) is 9.49. The monoisotopic (exact) mass is 386 g/mol. The second-order valence-electron chi connectivity index (χ2n) is 4.90. The number of ether oxygens (including phenoxy) is 1. The quantitative estimate of drug-likeness (QED) is 0.664. The maximum Gasteiger partial charge on any atom is 0.237 e. The lowest BCUT2D eigenvalue weighted by Crippen LogP contribution is -2.22. The highest BCUT2D eigenvalue weighted by Gasteiger charge is 2.17. The highest BCUT2D eigenvalue weighted by molar-refractivity contribution is 8.02. The van der Waals surface area contributed by atoms with Crippen molar-refractivity contribution >= 4 is 51.4 Å². The van der Waals surface area contributed by atoms with Crippen molar-refractivity contribution in [2.24, 2.45) is 0 Å². The van der Waals surface area contributed by atoms with Crippen molar-refractivity contribution in [2.75, 3.05) is 24.3 Å². The summed E-state index contributed by atoms with van der Waals surface area (Å²) >= 11 is 8.88. The zero-order valence-corrected chi connectivity index (χ0v) is 16.0. The van der Waals surface area contributed by atoms with E-state index in [2.05, 4.69) is 27.8 Å². The molecule has 0 saturated heterocycles. The largest absolute Gasteiger partial charge is 0.495 e. The summed E-state index contributed by atoms with van der Waals surface area (Å²) in [4.78, 5) is 12.3. The molecule has 24 heavy (non-hydrogen) atoms. The van der Waals surface area contributed by atoms with Crippen molar-refractivity contribution < 1.29 is 9.53 Å². The van der Waals surface area contributed by atoms with Crippen LogP contribution in [0.2, 0.25) is 5.02 Å². The van der Waals surface area contributed by atoms with Crippen LogP contribution in [0.5, 0.6) is 5.75 Å². The van der Waals surface area contributed by atoms with E-state index in [9.17, 15) is 4.79 Å². The third-order valence-electron chi connectivity index (χ3n) is 3.00. The Labute approximate surface area is 154 Å². The number of anilines is 2. The summed E-state index contributed by atoms with van der Waals surface area (Å²) in [5, 5.41) is 15.1. The molecule has 9 heteroatoms. The van der Waals surface area contributed by atoms with Crippen LogP contribution in [0.25, 0.3) is 0 Å². The third kappa shape index (κ3) is 5.25. The predicted molar refractivity (Wildman–Crippen MR) is 101 cm³/mol. The van der Waals surface area contributed by atoms with E-state index in [-0.39, 0.29) is 11.2 Å². The highest BCUT2D eigenvalue weighted by atomic mass is 35.5. The Balaban J connectivity index is 1.92. The standard InChI is InChI=1S/C15H19ClN4O2S2/c1-4-7-17-14-19-20-15(24-14)23-9(2)13(21)18-10-5-6-12(22-3)11(16)8-10/h5-6,8-9H,4,7H2,1-3H3,(H,17,19)(H,18,21). The molecule has 0 radical (unpaired) electrons. The molecule has 1 aromatic heterocycles. The van der Waals surface area contributed by atoms with E-state index < -0.39 is 0 Å². The summed E-state index contributed by atoms with van der Waals surface area (Å²) in [7, 11) is 1.55. The topological polar surface area (TPSA) is 76.1 Å². The van der Waals surface area contributed by atoms with E-state index in [0.29, 0.717) is 16.5 Å². The van der Waals surface area contributed by atoms with Crippen molar-refractivity contribution in [1.82, 2.24) is 10.2 Å². The van der Waals surface area contributed by atoms with E-state index in [1.807, 2.05) is 6.92 Å². The van der Waals surface area contributed by atoms with Gasteiger partial charge in [0.05, 0.1) is 17.4 Å². The van der Waals surface area contributed by atoms with Gasteiger partial charge in [0.1, 0.15) is 5.75 Å². The van der Waals surface area contributed by atoms with Crippen LogP contribution >= 0.6 is 34.7 Å². The van der Waals surface area contributed by atoms with Crippen molar-refractivity contribution in [1.29, 1.82) is 0 Å². The molecule has 1 heterocycles. The second kappa shape index (κ2) is 9.10. The number of hydrogen-bond donors (Lipinski definition) is 2. The number of thioether (sulfide) groups is 1. The molecule has 0 aliphatic heterocycles. The molecule has 1 aromatic carbocycles. The zero-order chi connectivity index (χ0) is 17.5. The molecule has 2 rings (SSSR count). The molecule has 0 spiro atoms. The van der Waals surface area contributed by atoms with Gasteiger partial charge in [0.25, 0.3) is 0 Å². The number of nitrogens with one attached hydrogen (secondary N) is 2. The molecule has 0 bridgehead atoms. The normalized spacial score (nSPS) is 11.8. The fourth-order valence-corrected chi connectivity index (χ4v) is 3.93. The van der Waals surface area contributed by atoms with Gasteiger partial charge >= 0.3 is 0 Å². The average molecular weight is 387 g/mol. The van der Waals surface area contributed by atoms with Crippen LogP contribution in [0.3, 0.4) is 0 Å². The van der Waals surface area contributed by atoms with Gasteiger partial charge in [-0.15, -0.1) is 10.2 Å². The third-order valence-corrected chi connectivity index (χ3v) is 5.36. The van der Waals surface area contributed by atoms with Crippen molar-refractivity contribution in [3.8, 4) is 5.75 Å². The summed E-state index contributed by atoms with van der Waals surface area (Å²) in [6, 6.07) is 5.12. The Morgan fingerprint density at radius 2 is 2.25 bits per heavy atom. The van der Waals surface area contributed by atoms with Crippen molar-refractivity contribution in [3.05, 3.63) is 23.2 Å². The van der Waals surface area contributed by atoms with Crippen LogP contribution < -0.4 is 15.4 Å². The first-order valence-electron chi connectivity index (χ1n) is 7.42. The lowest BCUT2D eigenvalue weighted by Gasteiger charge is -2.11. The van der Waals surface area contributed by atoms with Crippen LogP contribution in [-0.4, -0.2) is 35.0 Å². The van der Waals surface area contributed by atoms with E-state index in [4.69, 9.17) is 16.3 Å². The van der Waals surface area contributed by atoms with Gasteiger partial charge in [-0.05, 0) is 31.5 Å². The molecule has 1 atom stereocenters. The number of amides is 1. The minimum Gasteiger partial charge on any atom is -0.495 e. The molecule has 2 N–H and O–H groups in total. The van der Waals surface area contributed by atoms with Crippen LogP contribution in [0.4, 0.5) is 10.8 Å². The number of halogens is 1. The maximum absolute atomic E-state index is 12.3. The van der Waals surface area contributed by atoms with Gasteiger partial charge in [-0.3, -0.25) is 4.79 Å². The molecular formula is C15H19ClN4O2S2. The van der Waals surface area contributed by atoms with E-state index in [1.165, 1.54) is 23.1 Å². The summed E-state index contributed by atoms with van der Waals surface area (Å²) < 4.78 is 5.85. The van der Waals surface area contributed by atoms with E-state index in [1.54, 1.807) is 25.3 Å². The van der Waals surface area contributed by atoms with E-state index >= 15 is 0 Å². The minimum absolute atomic E-state index is 0.125. The number of methoxy groups -OCH3 is 1. The molecular weight excluding hydrogens is 368 g/mol. The van der Waals surface area contributed by atoms with Gasteiger partial charge in [-0.1, -0.05) is 41.6 Å². The SMILES string of the molecule is CCCNc1nnc(SC(C)C(=O)Nc2ccc(OC)c(Cl)c2)s1. The summed E-state index contributed by atoms with van der Waals surface area (Å²) in [5.41, 5.74) is 0.626. The number of carbonyl (C=O) groups excluding carboxylic acids is 1. The number of carbonyl (C=O) groups is 1. The molecule has 6 nitrogen and oxygen atoms in total. The molecule has 0 aliphatic carbocycles. The summed E-state index contributed by atoms with van der Waals surface area (Å²) in [5.74, 6) is 0.442. The molecule has 0 fully saturated rings. The number of hydrogen-bond acceptors (Lipinski definition) is 7. The van der Waals surface area contributed by atoms with E-state index in [0.717, 1.165) is 22.4 Å². The van der Waals surface area contributed by atoms with Crippen molar-refractivity contribution in [3.63, 3.8) is 0 Å². The smallest absolute Gasteiger partial charge is 0.237 e. The van der Waals surface area contributed by atoms with Crippen LogP contribution in [0, 0.1) is 0 Å². The Kier molecular flexibility index (Phi) is 7.14. The van der Waals surface area contributed by atoms with Gasteiger partial charge in [-0.2, -0.15) is 0 Å².